The van der Waals surface area contributed by atoms with Crippen LogP contribution < -0.4 is 0 Å². The van der Waals surface area contributed by atoms with Crippen molar-refractivity contribution in [2.75, 3.05) is 23.5 Å². The molecule has 0 fully saturated rings. The maximum Gasteiger partial charge on any atom is 0.175 e. The smallest absolute Gasteiger partial charge is 0.175 e. The second kappa shape index (κ2) is 6.07. The summed E-state index contributed by atoms with van der Waals surface area (Å²) in [7, 11) is -4.55. The van der Waals surface area contributed by atoms with Crippen molar-refractivity contribution in [1.82, 2.24) is 0 Å². The van der Waals surface area contributed by atoms with Crippen LogP contribution >= 0.6 is 0 Å². The van der Waals surface area contributed by atoms with E-state index in [9.17, 15) is 17.4 Å². The van der Waals surface area contributed by atoms with Crippen molar-refractivity contribution in [2.45, 2.75) is 0 Å². The van der Waals surface area contributed by atoms with Crippen molar-refractivity contribution in [2.24, 2.45) is 0 Å². The van der Waals surface area contributed by atoms with Crippen molar-refractivity contribution in [3.8, 4) is 0 Å². The molecule has 0 spiro atoms. The molecule has 0 aliphatic rings. The van der Waals surface area contributed by atoms with Crippen LogP contribution in [0.1, 0.15) is 10.4 Å². The van der Waals surface area contributed by atoms with Crippen molar-refractivity contribution >= 4 is 26.4 Å². The zero-order valence-corrected chi connectivity index (χ0v) is 11.1. The first-order valence-electron chi connectivity index (χ1n) is 4.99. The number of sulfone groups is 1. The van der Waals surface area contributed by atoms with E-state index < -0.39 is 20.6 Å². The monoisotopic (exact) mass is 274 g/mol. The Morgan fingerprint density at radius 3 is 2.35 bits per heavy atom. The minimum Gasteiger partial charge on any atom is -0.293 e. The molecule has 0 heterocycles. The van der Waals surface area contributed by atoms with Gasteiger partial charge in [-0.3, -0.25) is 9.00 Å². The lowest BCUT2D eigenvalue weighted by molar-refractivity contribution is 0.102. The molecule has 1 aromatic rings. The molecule has 1 unspecified atom stereocenters. The van der Waals surface area contributed by atoms with Gasteiger partial charge in [0.15, 0.2) is 5.78 Å². The molecule has 0 amide bonds. The van der Waals surface area contributed by atoms with Gasteiger partial charge in [0.1, 0.15) is 9.84 Å². The van der Waals surface area contributed by atoms with Gasteiger partial charge in [-0.15, -0.1) is 0 Å². The van der Waals surface area contributed by atoms with Crippen LogP contribution in [0.4, 0.5) is 0 Å². The molecule has 0 aliphatic carbocycles. The van der Waals surface area contributed by atoms with Gasteiger partial charge < -0.3 is 0 Å². The molecule has 0 radical (unpaired) electrons. The second-order valence-electron chi connectivity index (χ2n) is 3.71. The average Bonchev–Trinajstić information content (AvgIpc) is 2.27. The maximum absolute atomic E-state index is 11.6. The van der Waals surface area contributed by atoms with Gasteiger partial charge in [0.2, 0.25) is 0 Å². The molecule has 1 aromatic carbocycles. The van der Waals surface area contributed by atoms with Gasteiger partial charge in [0.25, 0.3) is 0 Å². The van der Waals surface area contributed by atoms with E-state index in [0.29, 0.717) is 5.56 Å². The van der Waals surface area contributed by atoms with Crippen LogP contribution in [0.2, 0.25) is 0 Å². The van der Waals surface area contributed by atoms with E-state index in [2.05, 4.69) is 0 Å². The van der Waals surface area contributed by atoms with E-state index in [1.165, 1.54) is 0 Å². The number of hydrogen-bond donors (Lipinski definition) is 0. The SMILES string of the molecule is CS(=O)(=O)CCS(=O)CC(=O)c1ccccc1. The van der Waals surface area contributed by atoms with Gasteiger partial charge in [0.05, 0.1) is 11.5 Å². The Kier molecular flexibility index (Phi) is 5.02. The molecular weight excluding hydrogens is 260 g/mol. The standard InChI is InChI=1S/C11H14O4S2/c1-17(14,15)8-7-16(13)9-11(12)10-5-3-2-4-6-10/h2-6H,7-9H2,1H3. The Hall–Kier alpha value is -1.01. The molecule has 6 heteroatoms. The van der Waals surface area contributed by atoms with Crippen LogP contribution in [0, 0.1) is 0 Å². The van der Waals surface area contributed by atoms with Gasteiger partial charge in [-0.2, -0.15) is 0 Å². The van der Waals surface area contributed by atoms with Gasteiger partial charge >= 0.3 is 0 Å². The number of carbonyl (C=O) groups is 1. The summed E-state index contributed by atoms with van der Waals surface area (Å²) in [6.45, 7) is 0. The Morgan fingerprint density at radius 1 is 1.24 bits per heavy atom. The van der Waals surface area contributed by atoms with E-state index >= 15 is 0 Å². The topological polar surface area (TPSA) is 68.3 Å². The first-order valence-corrected chi connectivity index (χ1v) is 8.54. The fourth-order valence-corrected chi connectivity index (χ4v) is 3.73. The average molecular weight is 274 g/mol. The van der Waals surface area contributed by atoms with Crippen molar-refractivity contribution in [1.29, 1.82) is 0 Å². The van der Waals surface area contributed by atoms with Crippen LogP contribution in [0.5, 0.6) is 0 Å². The predicted molar refractivity (Wildman–Crippen MR) is 68.4 cm³/mol. The largest absolute Gasteiger partial charge is 0.293 e. The van der Waals surface area contributed by atoms with E-state index in [1.807, 2.05) is 0 Å². The normalized spacial score (nSPS) is 13.2. The summed E-state index contributed by atoms with van der Waals surface area (Å²) < 4.78 is 33.2. The molecule has 1 atom stereocenters. The summed E-state index contributed by atoms with van der Waals surface area (Å²) in [6.07, 6.45) is 1.09. The lowest BCUT2D eigenvalue weighted by atomic mass is 10.2. The Labute approximate surface area is 103 Å². The van der Waals surface area contributed by atoms with E-state index in [4.69, 9.17) is 0 Å². The predicted octanol–water partition coefficient (Wildman–Crippen LogP) is 0.663. The van der Waals surface area contributed by atoms with Crippen LogP contribution in [0.15, 0.2) is 30.3 Å². The molecular formula is C11H14O4S2. The molecule has 1 rings (SSSR count). The third-order valence-corrected chi connectivity index (χ3v) is 4.52. The first-order chi connectivity index (χ1) is 7.88. The fraction of sp³-hybridized carbons (Fsp3) is 0.364. The van der Waals surface area contributed by atoms with Crippen molar-refractivity contribution in [3.63, 3.8) is 0 Å². The summed E-state index contributed by atoms with van der Waals surface area (Å²) >= 11 is 0. The van der Waals surface area contributed by atoms with Crippen LogP contribution in [0.3, 0.4) is 0 Å². The molecule has 0 saturated carbocycles. The first kappa shape index (κ1) is 14.1. The van der Waals surface area contributed by atoms with Gasteiger partial charge in [-0.1, -0.05) is 30.3 Å². The Morgan fingerprint density at radius 2 is 1.82 bits per heavy atom. The highest BCUT2D eigenvalue weighted by molar-refractivity contribution is 7.92. The zero-order valence-electron chi connectivity index (χ0n) is 9.46. The molecule has 0 saturated heterocycles. The molecule has 4 nitrogen and oxygen atoms in total. The van der Waals surface area contributed by atoms with E-state index in [1.54, 1.807) is 30.3 Å². The molecule has 0 aliphatic heterocycles. The lowest BCUT2D eigenvalue weighted by Gasteiger charge is -2.01. The number of carbonyl (C=O) groups excluding carboxylic acids is 1. The van der Waals surface area contributed by atoms with Crippen molar-refractivity contribution < 1.29 is 17.4 Å². The van der Waals surface area contributed by atoms with E-state index in [0.717, 1.165) is 6.26 Å². The highest BCUT2D eigenvalue weighted by Gasteiger charge is 2.12. The number of benzene rings is 1. The number of Topliss-reactive ketones (excluding diaryl/α,β-unsaturated/α-hetero) is 1. The number of rotatable bonds is 6. The third kappa shape index (κ3) is 5.74. The van der Waals surface area contributed by atoms with Crippen LogP contribution in [0.25, 0.3) is 0 Å². The summed E-state index contributed by atoms with van der Waals surface area (Å²) in [5, 5.41) is 0. The second-order valence-corrected chi connectivity index (χ2v) is 7.54. The molecule has 17 heavy (non-hydrogen) atoms. The van der Waals surface area contributed by atoms with Crippen LogP contribution in [-0.4, -0.2) is 41.9 Å². The quantitative estimate of drug-likeness (QED) is 0.715. The maximum atomic E-state index is 11.6. The fourth-order valence-electron chi connectivity index (χ4n) is 1.17. The Balaban J connectivity index is 2.50. The molecule has 0 N–H and O–H groups in total. The van der Waals surface area contributed by atoms with Gasteiger partial charge in [0, 0.05) is 28.4 Å². The summed E-state index contributed by atoms with van der Waals surface area (Å²) in [5.74, 6) is -0.490. The highest BCUT2D eigenvalue weighted by Crippen LogP contribution is 2.01. The minimum absolute atomic E-state index is 0.0113. The van der Waals surface area contributed by atoms with Gasteiger partial charge in [-0.25, -0.2) is 8.42 Å². The minimum atomic E-state index is -3.12. The number of ketones is 1. The summed E-state index contributed by atoms with van der Waals surface area (Å²) in [4.78, 5) is 11.6. The Bertz CT molecular complexity index is 506. The van der Waals surface area contributed by atoms with Crippen LogP contribution in [-0.2, 0) is 20.6 Å². The third-order valence-electron chi connectivity index (χ3n) is 2.07. The lowest BCUT2D eigenvalue weighted by Crippen LogP contribution is -2.18. The molecule has 0 bridgehead atoms. The molecule has 0 aromatic heterocycles. The van der Waals surface area contributed by atoms with Crippen molar-refractivity contribution in [3.05, 3.63) is 35.9 Å². The van der Waals surface area contributed by atoms with Gasteiger partial charge in [-0.05, 0) is 0 Å². The summed E-state index contributed by atoms with van der Waals surface area (Å²) in [5.41, 5.74) is 0.500. The number of hydrogen-bond acceptors (Lipinski definition) is 4. The zero-order chi connectivity index (χ0) is 12.9. The highest BCUT2D eigenvalue weighted by atomic mass is 32.2. The molecule has 94 valence electrons. The summed E-state index contributed by atoms with van der Waals surface area (Å²) in [6, 6.07) is 8.54. The van der Waals surface area contributed by atoms with E-state index in [-0.39, 0.29) is 23.0 Å².